The van der Waals surface area contributed by atoms with Crippen LogP contribution in [0.2, 0.25) is 0 Å². The number of carbonyl (C=O) groups excluding carboxylic acids is 12. The lowest BCUT2D eigenvalue weighted by atomic mass is 9.82. The third-order valence-electron chi connectivity index (χ3n) is 26.7. The third kappa shape index (κ3) is 14.7. The largest absolute Gasteiger partial charge is 0.462 e. The molecule has 23 heteroatoms. The first-order chi connectivity index (χ1) is 65.8. The summed E-state index contributed by atoms with van der Waals surface area (Å²) < 4.78 is 49.1. The molecule has 0 saturated carbocycles. The molecule has 6 amide bonds. The van der Waals surface area contributed by atoms with Crippen LogP contribution in [0.15, 0.2) is 182 Å². The number of carbonyl (C=O) groups is 12. The molecule has 17 aromatic carbocycles. The van der Waals surface area contributed by atoms with Crippen LogP contribution in [0.3, 0.4) is 0 Å². The number of hydrogen-bond donors (Lipinski definition) is 1. The molecule has 17 aromatic rings. The van der Waals surface area contributed by atoms with Crippen LogP contribution in [-0.4, -0.2) is 134 Å². The fraction of sp³-hybridized carbons (Fsp3) is 0.250. The number of imide groups is 3. The number of nitrogens with zero attached hydrogens (tertiary/aromatic N) is 2. The predicted octanol–water partition coefficient (Wildman–Crippen LogP) is 23.7. The Hall–Kier alpha value is -15.5. The fourth-order valence-corrected chi connectivity index (χ4v) is 20.0. The van der Waals surface area contributed by atoms with Crippen molar-refractivity contribution in [3.8, 4) is 23.0 Å². The molecule has 0 atom stereocenters. The SMILES string of the molecule is CCCCOC(=O)c1ccc2c3ccc4c5c(ccc(c6ccc(C(=O)OCCCC)c1c26)c53)C(=O)N(CCc1ccc(Oc2cc3c5c(ccc6c7c(Oc8ccc(CCN9C(=O)c%10ccc%11c%12ccc(C(=O)OCCCC)c%13c(C(=O)OCCCC)ccc(c%14ccc(c%10c%11%14)C9=O)c%13%12)cc8)cc(C(=O)OCCCC)c8c(C(=O)OCCCC)ccc(c2c56)c87)C(=O)NC3=O)cc1)C4=O. The molecule has 0 spiro atoms. The van der Waals surface area contributed by atoms with Crippen molar-refractivity contribution in [2.75, 3.05) is 52.7 Å². The molecule has 676 valence electrons. The van der Waals surface area contributed by atoms with Crippen LogP contribution < -0.4 is 14.8 Å². The smallest absolute Gasteiger partial charge is 0.338 e. The molecule has 135 heavy (non-hydrogen) atoms. The van der Waals surface area contributed by atoms with Gasteiger partial charge in [0.2, 0.25) is 0 Å². The molecule has 0 aromatic heterocycles. The van der Waals surface area contributed by atoms with Gasteiger partial charge in [-0.25, -0.2) is 28.8 Å². The van der Waals surface area contributed by atoms with Crippen LogP contribution in [0.5, 0.6) is 23.0 Å². The Kier molecular flexibility index (Phi) is 23.2. The third-order valence-corrected chi connectivity index (χ3v) is 26.7. The molecule has 0 unspecified atom stereocenters. The van der Waals surface area contributed by atoms with Gasteiger partial charge in [-0.2, -0.15) is 0 Å². The average molecular weight is 1800 g/mol. The van der Waals surface area contributed by atoms with E-state index >= 15 is 4.79 Å². The van der Waals surface area contributed by atoms with Crippen molar-refractivity contribution in [3.63, 3.8) is 0 Å². The van der Waals surface area contributed by atoms with Gasteiger partial charge in [-0.05, 0) is 235 Å². The number of amides is 6. The van der Waals surface area contributed by atoms with Crippen LogP contribution in [0.1, 0.15) is 254 Å². The van der Waals surface area contributed by atoms with Crippen molar-refractivity contribution >= 4 is 201 Å². The number of ether oxygens (including phenoxy) is 8. The fourth-order valence-electron chi connectivity index (χ4n) is 20.0. The van der Waals surface area contributed by atoms with Crippen LogP contribution >= 0.6 is 0 Å². The molecule has 20 rings (SSSR count). The minimum absolute atomic E-state index is 0.00689. The van der Waals surface area contributed by atoms with Crippen molar-refractivity contribution in [2.45, 2.75) is 131 Å². The average Bonchev–Trinajstić information content (AvgIpc) is 0.698. The molecule has 3 aliphatic rings. The molecule has 3 aliphatic heterocycles. The van der Waals surface area contributed by atoms with Gasteiger partial charge < -0.3 is 37.9 Å². The monoisotopic (exact) mass is 1800 g/mol. The maximum atomic E-state index is 15.1. The minimum atomic E-state index is -0.756. The summed E-state index contributed by atoms with van der Waals surface area (Å²) in [6, 6.07) is 52.3. The van der Waals surface area contributed by atoms with Gasteiger partial charge in [-0.15, -0.1) is 0 Å². The lowest BCUT2D eigenvalue weighted by molar-refractivity contribution is 0.0485. The molecule has 1 N–H and O–H groups in total. The van der Waals surface area contributed by atoms with Gasteiger partial charge in [0, 0.05) is 94.8 Å². The van der Waals surface area contributed by atoms with Gasteiger partial charge in [0.05, 0.1) is 78.6 Å². The quantitative estimate of drug-likeness (QED) is 0.00978. The van der Waals surface area contributed by atoms with Crippen LogP contribution in [0.25, 0.3) is 129 Å². The number of nitrogens with one attached hydrogen (secondary N) is 1. The van der Waals surface area contributed by atoms with Gasteiger partial charge in [0.25, 0.3) is 35.4 Å². The summed E-state index contributed by atoms with van der Waals surface area (Å²) in [6.45, 7) is 12.9. The molecule has 3 heterocycles. The number of benzene rings is 17. The summed E-state index contributed by atoms with van der Waals surface area (Å²) in [5.41, 5.74) is 4.03. The Morgan fingerprint density at radius 1 is 0.244 bits per heavy atom. The minimum Gasteiger partial charge on any atom is -0.462 e. The Bertz CT molecular complexity index is 7690. The van der Waals surface area contributed by atoms with Gasteiger partial charge in [-0.1, -0.05) is 165 Å². The molecule has 0 radical (unpaired) electrons. The normalized spacial score (nSPS) is 13.2. The van der Waals surface area contributed by atoms with Crippen LogP contribution in [0.4, 0.5) is 0 Å². The van der Waals surface area contributed by atoms with E-state index in [2.05, 4.69) is 5.32 Å². The number of hydrogen-bond acceptors (Lipinski definition) is 20. The highest BCUT2D eigenvalue weighted by atomic mass is 16.6. The Morgan fingerprint density at radius 3 is 0.822 bits per heavy atom. The van der Waals surface area contributed by atoms with Crippen molar-refractivity contribution in [2.24, 2.45) is 0 Å². The Morgan fingerprint density at radius 2 is 0.496 bits per heavy atom. The second-order valence-corrected chi connectivity index (χ2v) is 34.9. The Labute approximate surface area is 773 Å². The van der Waals surface area contributed by atoms with E-state index in [9.17, 15) is 52.7 Å². The van der Waals surface area contributed by atoms with E-state index in [0.29, 0.717) is 181 Å². The van der Waals surface area contributed by atoms with E-state index in [1.54, 1.807) is 109 Å². The van der Waals surface area contributed by atoms with Crippen molar-refractivity contribution < 1.29 is 95.4 Å². The lowest BCUT2D eigenvalue weighted by Crippen LogP contribution is -2.41. The van der Waals surface area contributed by atoms with Gasteiger partial charge >= 0.3 is 35.8 Å². The van der Waals surface area contributed by atoms with Crippen molar-refractivity contribution in [1.82, 2.24) is 15.1 Å². The first-order valence-electron chi connectivity index (χ1n) is 46.6. The summed E-state index contributed by atoms with van der Waals surface area (Å²) >= 11 is 0. The molecule has 0 aliphatic carbocycles. The first-order valence-corrected chi connectivity index (χ1v) is 46.6. The van der Waals surface area contributed by atoms with Crippen LogP contribution in [0, 0.1) is 0 Å². The zero-order valence-corrected chi connectivity index (χ0v) is 75.4. The van der Waals surface area contributed by atoms with Crippen molar-refractivity contribution in [3.05, 3.63) is 260 Å². The van der Waals surface area contributed by atoms with Gasteiger partial charge in [0.15, 0.2) is 0 Å². The molecule has 23 nitrogen and oxygen atoms in total. The van der Waals surface area contributed by atoms with E-state index in [-0.39, 0.29) is 127 Å². The maximum absolute atomic E-state index is 15.1. The zero-order chi connectivity index (χ0) is 93.5. The van der Waals surface area contributed by atoms with E-state index in [4.69, 9.17) is 37.9 Å². The van der Waals surface area contributed by atoms with Crippen LogP contribution in [-0.2, 0) is 41.3 Å². The number of unbranched alkanes of at least 4 members (excludes halogenated alkanes) is 6. The summed E-state index contributed by atoms with van der Waals surface area (Å²) in [7, 11) is 0. The highest BCUT2D eigenvalue weighted by Crippen LogP contribution is 2.54. The second kappa shape index (κ2) is 35.9. The molecule has 0 bridgehead atoms. The summed E-state index contributed by atoms with van der Waals surface area (Å²) in [5, 5.41) is 15.7. The van der Waals surface area contributed by atoms with E-state index < -0.39 is 71.3 Å². The van der Waals surface area contributed by atoms with Crippen molar-refractivity contribution in [1.29, 1.82) is 0 Å². The summed E-state index contributed by atoms with van der Waals surface area (Å²) in [4.78, 5) is 177. The topological polar surface area (TPSA) is 297 Å². The second-order valence-electron chi connectivity index (χ2n) is 34.9. The first kappa shape index (κ1) is 87.5. The maximum Gasteiger partial charge on any atom is 0.338 e. The predicted molar refractivity (Wildman–Crippen MR) is 517 cm³/mol. The summed E-state index contributed by atoms with van der Waals surface area (Å²) in [6.07, 6.45) is 8.86. The molecular formula is C112H93N3O20. The molecule has 0 saturated heterocycles. The molecule has 0 fully saturated rings. The highest BCUT2D eigenvalue weighted by Gasteiger charge is 2.40. The standard InChI is InChI=1S/C112H93N3O20/c1-7-13-51-128-107(122)78-42-31-67-63-27-38-74-92-75(39-28-64(87(63)92)68-32-43-79(94(78)89(67)68)108(123)129-52-14-8-2)104(119)114(103(74)118)49-47-59-19-23-61(24-20-59)134-85-57-83-91-73(101(116)113-102(83)117)37-35-71-98-86(58-84(112(127)133-56-18-12-6)96-82(111(126)132-55-17-11-5)46-36-72(100(96)98)97(85)99(71)91)135-62-25-21-60(22-26-62)48-50-115-105(120)76-40-29-65-69-33-44-80(109(124)130-53-15-9-3)95-81(110(125)131-54-16-10-4)45-34-70(90(69)95)66-30-41-77(106(115)121)93(76)88(65)66/h19-46,57-58H,7-18,47-56H2,1-6H3,(H,113,116,117). The molecular weight excluding hydrogens is 1710 g/mol. The van der Waals surface area contributed by atoms with Gasteiger partial charge in [0.1, 0.15) is 23.0 Å². The van der Waals surface area contributed by atoms with Gasteiger partial charge in [-0.3, -0.25) is 43.9 Å². The number of esters is 6. The number of rotatable bonds is 34. The van der Waals surface area contributed by atoms with E-state index in [1.807, 2.05) is 114 Å². The highest BCUT2D eigenvalue weighted by molar-refractivity contribution is 6.45. The zero-order valence-electron chi connectivity index (χ0n) is 75.4. The summed E-state index contributed by atoms with van der Waals surface area (Å²) in [5.74, 6) is -6.11. The van der Waals surface area contributed by atoms with E-state index in [0.717, 1.165) is 64.8 Å². The number of fused-ring (bicyclic) bond motifs is 6. The lowest BCUT2D eigenvalue weighted by Gasteiger charge is -2.28. The Balaban J connectivity index is 0.618. The van der Waals surface area contributed by atoms with E-state index in [1.165, 1.54) is 9.80 Å².